The highest BCUT2D eigenvalue weighted by molar-refractivity contribution is 4.81. The van der Waals surface area contributed by atoms with E-state index in [4.69, 9.17) is 10.5 Å². The van der Waals surface area contributed by atoms with Crippen LogP contribution in [-0.4, -0.2) is 44.8 Å². The minimum atomic E-state index is 0.674. The van der Waals surface area contributed by atoms with Gasteiger partial charge in [0, 0.05) is 19.7 Å². The first-order chi connectivity index (χ1) is 7.29. The third-order valence-electron chi connectivity index (χ3n) is 3.64. The number of methoxy groups -OCH3 is 1. The lowest BCUT2D eigenvalue weighted by Gasteiger charge is -2.32. The van der Waals surface area contributed by atoms with Gasteiger partial charge in [0.1, 0.15) is 0 Å². The third kappa shape index (κ3) is 4.09. The molecule has 0 amide bonds. The molecule has 0 radical (unpaired) electrons. The molecule has 90 valence electrons. The summed E-state index contributed by atoms with van der Waals surface area (Å²) in [6, 6.07) is 0.674. The molecule has 0 aromatic carbocycles. The maximum Gasteiger partial charge on any atom is 0.0589 e. The van der Waals surface area contributed by atoms with Gasteiger partial charge >= 0.3 is 0 Å². The molecule has 0 bridgehead atoms. The number of hydrogen-bond acceptors (Lipinski definition) is 3. The van der Waals surface area contributed by atoms with Crippen LogP contribution in [0.5, 0.6) is 0 Å². The number of rotatable bonds is 5. The van der Waals surface area contributed by atoms with Crippen LogP contribution in [0.4, 0.5) is 0 Å². The van der Waals surface area contributed by atoms with Gasteiger partial charge in [0.2, 0.25) is 0 Å². The summed E-state index contributed by atoms with van der Waals surface area (Å²) in [6.07, 6.45) is 6.71. The zero-order valence-corrected chi connectivity index (χ0v) is 10.2. The number of nitrogens with zero attached hydrogens (tertiary/aromatic N) is 1. The molecule has 1 aliphatic carbocycles. The summed E-state index contributed by atoms with van der Waals surface area (Å²) >= 11 is 0. The molecule has 1 fully saturated rings. The first-order valence-electron chi connectivity index (χ1n) is 6.18. The number of nitrogens with two attached hydrogens (primary N) is 1. The van der Waals surface area contributed by atoms with Gasteiger partial charge < -0.3 is 15.4 Å². The highest BCUT2D eigenvalue weighted by Crippen LogP contribution is 2.25. The van der Waals surface area contributed by atoms with E-state index in [1.165, 1.54) is 32.1 Å². The number of likely N-dealkylation sites (N-methyl/N-ethyl adjacent to an activating group) is 1. The monoisotopic (exact) mass is 214 g/mol. The molecular formula is C12H26N2O. The van der Waals surface area contributed by atoms with Crippen LogP contribution in [0.2, 0.25) is 0 Å². The summed E-state index contributed by atoms with van der Waals surface area (Å²) in [5, 5.41) is 0. The summed E-state index contributed by atoms with van der Waals surface area (Å²) in [5.74, 6) is 0.689. The second kappa shape index (κ2) is 7.20. The molecule has 0 heterocycles. The van der Waals surface area contributed by atoms with Crippen molar-refractivity contribution in [3.8, 4) is 0 Å². The fourth-order valence-electron chi connectivity index (χ4n) is 2.62. The predicted octanol–water partition coefficient (Wildman–Crippen LogP) is 1.47. The lowest BCUT2D eigenvalue weighted by molar-refractivity contribution is 0.111. The van der Waals surface area contributed by atoms with Crippen LogP contribution in [0, 0.1) is 5.92 Å². The first kappa shape index (κ1) is 12.9. The summed E-state index contributed by atoms with van der Waals surface area (Å²) in [4.78, 5) is 2.44. The van der Waals surface area contributed by atoms with E-state index in [0.29, 0.717) is 12.0 Å². The van der Waals surface area contributed by atoms with E-state index >= 15 is 0 Å². The number of hydrogen-bond donors (Lipinski definition) is 1. The third-order valence-corrected chi connectivity index (χ3v) is 3.64. The van der Waals surface area contributed by atoms with E-state index in [2.05, 4.69) is 11.9 Å². The Balaban J connectivity index is 2.45. The molecule has 15 heavy (non-hydrogen) atoms. The van der Waals surface area contributed by atoms with Crippen LogP contribution in [-0.2, 0) is 4.74 Å². The average Bonchev–Trinajstić information content (AvgIpc) is 2.50. The van der Waals surface area contributed by atoms with Crippen molar-refractivity contribution in [2.24, 2.45) is 11.7 Å². The maximum absolute atomic E-state index is 5.87. The fraction of sp³-hybridized carbons (Fsp3) is 1.00. The second-order valence-electron chi connectivity index (χ2n) is 4.67. The summed E-state index contributed by atoms with van der Waals surface area (Å²) in [5.41, 5.74) is 5.87. The highest BCUT2D eigenvalue weighted by atomic mass is 16.5. The molecule has 0 aromatic heterocycles. The van der Waals surface area contributed by atoms with Crippen molar-refractivity contribution in [2.45, 2.75) is 38.1 Å². The van der Waals surface area contributed by atoms with E-state index in [0.717, 1.165) is 19.7 Å². The summed E-state index contributed by atoms with van der Waals surface area (Å²) < 4.78 is 5.13. The zero-order chi connectivity index (χ0) is 11.1. The molecule has 2 atom stereocenters. The van der Waals surface area contributed by atoms with Crippen molar-refractivity contribution >= 4 is 0 Å². The smallest absolute Gasteiger partial charge is 0.0589 e. The van der Waals surface area contributed by atoms with E-state index in [9.17, 15) is 0 Å². The van der Waals surface area contributed by atoms with Crippen molar-refractivity contribution < 1.29 is 4.74 Å². The topological polar surface area (TPSA) is 38.5 Å². The molecule has 1 rings (SSSR count). The van der Waals surface area contributed by atoms with E-state index in [1.54, 1.807) is 7.11 Å². The van der Waals surface area contributed by atoms with Gasteiger partial charge in [0.15, 0.2) is 0 Å². The maximum atomic E-state index is 5.87. The minimum Gasteiger partial charge on any atom is -0.383 e. The summed E-state index contributed by atoms with van der Waals surface area (Å²) in [6.45, 7) is 2.68. The Bertz CT molecular complexity index is 164. The van der Waals surface area contributed by atoms with Gasteiger partial charge in [0.05, 0.1) is 6.61 Å². The van der Waals surface area contributed by atoms with Gasteiger partial charge in [-0.3, -0.25) is 0 Å². The van der Waals surface area contributed by atoms with Gasteiger partial charge in [-0.2, -0.15) is 0 Å². The van der Waals surface area contributed by atoms with Crippen LogP contribution < -0.4 is 5.73 Å². The molecular weight excluding hydrogens is 188 g/mol. The molecule has 0 aromatic rings. The van der Waals surface area contributed by atoms with Crippen LogP contribution in [0.1, 0.15) is 32.1 Å². The Kier molecular flexibility index (Phi) is 6.22. The molecule has 1 saturated carbocycles. The van der Waals surface area contributed by atoms with Crippen LogP contribution in [0.25, 0.3) is 0 Å². The Hall–Kier alpha value is -0.120. The predicted molar refractivity (Wildman–Crippen MR) is 63.9 cm³/mol. The molecule has 2 unspecified atom stereocenters. The van der Waals surface area contributed by atoms with E-state index < -0.39 is 0 Å². The lowest BCUT2D eigenvalue weighted by atomic mass is 9.94. The molecule has 0 spiro atoms. The fourth-order valence-corrected chi connectivity index (χ4v) is 2.62. The van der Waals surface area contributed by atoms with Gasteiger partial charge in [-0.05, 0) is 32.4 Å². The van der Waals surface area contributed by atoms with Crippen molar-refractivity contribution in [3.63, 3.8) is 0 Å². The van der Waals surface area contributed by atoms with Gasteiger partial charge in [-0.1, -0.05) is 19.3 Å². The van der Waals surface area contributed by atoms with Crippen molar-refractivity contribution in [1.29, 1.82) is 0 Å². The Morgan fingerprint density at radius 3 is 2.67 bits per heavy atom. The highest BCUT2D eigenvalue weighted by Gasteiger charge is 2.25. The largest absolute Gasteiger partial charge is 0.383 e. The number of ether oxygens (including phenoxy) is 1. The van der Waals surface area contributed by atoms with Gasteiger partial charge in [0.25, 0.3) is 0 Å². The molecule has 0 saturated heterocycles. The van der Waals surface area contributed by atoms with Crippen LogP contribution in [0.3, 0.4) is 0 Å². The van der Waals surface area contributed by atoms with Gasteiger partial charge in [-0.25, -0.2) is 0 Å². The second-order valence-corrected chi connectivity index (χ2v) is 4.67. The normalized spacial score (nSPS) is 28.0. The molecule has 3 nitrogen and oxygen atoms in total. The standard InChI is InChI=1S/C12H26N2O/c1-14(8-9-15-2)12-7-5-3-4-6-11(12)10-13/h11-12H,3-10,13H2,1-2H3. The van der Waals surface area contributed by atoms with Gasteiger partial charge in [-0.15, -0.1) is 0 Å². The van der Waals surface area contributed by atoms with Crippen molar-refractivity contribution in [2.75, 3.05) is 33.9 Å². The Morgan fingerprint density at radius 2 is 2.00 bits per heavy atom. The molecule has 2 N–H and O–H groups in total. The van der Waals surface area contributed by atoms with Crippen molar-refractivity contribution in [3.05, 3.63) is 0 Å². The molecule has 0 aliphatic heterocycles. The SMILES string of the molecule is COCCN(C)C1CCCCCC1CN. The zero-order valence-electron chi connectivity index (χ0n) is 10.2. The van der Waals surface area contributed by atoms with E-state index in [1.807, 2.05) is 0 Å². The van der Waals surface area contributed by atoms with Crippen LogP contribution in [0.15, 0.2) is 0 Å². The molecule has 3 heteroatoms. The summed E-state index contributed by atoms with van der Waals surface area (Å²) in [7, 11) is 3.97. The quantitative estimate of drug-likeness (QED) is 0.704. The Labute approximate surface area is 94.0 Å². The lowest BCUT2D eigenvalue weighted by Crippen LogP contribution is -2.42. The Morgan fingerprint density at radius 1 is 1.27 bits per heavy atom. The average molecular weight is 214 g/mol. The molecule has 1 aliphatic rings. The van der Waals surface area contributed by atoms with E-state index in [-0.39, 0.29) is 0 Å². The first-order valence-corrected chi connectivity index (χ1v) is 6.18. The minimum absolute atomic E-state index is 0.674. The van der Waals surface area contributed by atoms with Crippen LogP contribution >= 0.6 is 0 Å². The van der Waals surface area contributed by atoms with Crippen molar-refractivity contribution in [1.82, 2.24) is 4.90 Å².